The number of benzene rings is 1. The minimum atomic E-state index is -3.06. The van der Waals surface area contributed by atoms with Gasteiger partial charge in [-0.3, -0.25) is 9.69 Å². The van der Waals surface area contributed by atoms with Crippen LogP contribution in [0, 0.1) is 5.82 Å². The lowest BCUT2D eigenvalue weighted by molar-refractivity contribution is -0.127. The van der Waals surface area contributed by atoms with E-state index in [-0.39, 0.29) is 36.2 Å². The monoisotopic (exact) mass is 428 g/mol. The summed E-state index contributed by atoms with van der Waals surface area (Å²) in [4.78, 5) is 36.3. The summed E-state index contributed by atoms with van der Waals surface area (Å²) < 4.78 is 42.9. The van der Waals surface area contributed by atoms with Crippen molar-refractivity contribution >= 4 is 33.6 Å². The fraction of sp³-hybridized carbons (Fsp3) is 0.500. The van der Waals surface area contributed by atoms with Crippen LogP contribution in [0.2, 0.25) is 0 Å². The van der Waals surface area contributed by atoms with Crippen molar-refractivity contribution in [3.8, 4) is 0 Å². The fourth-order valence-corrected chi connectivity index (χ4v) is 5.08. The second-order valence-electron chi connectivity index (χ2n) is 7.16. The molecule has 0 bridgehead atoms. The van der Waals surface area contributed by atoms with Gasteiger partial charge in [0.25, 0.3) is 0 Å². The lowest BCUT2D eigenvalue weighted by atomic mass is 9.93. The number of sulfone groups is 1. The Labute approximate surface area is 167 Å². The molecule has 2 saturated heterocycles. The van der Waals surface area contributed by atoms with Gasteiger partial charge >= 0.3 is 12.2 Å². The fourth-order valence-electron chi connectivity index (χ4n) is 3.59. The number of anilines is 1. The molecule has 2 aliphatic heterocycles. The first kappa shape index (κ1) is 21.0. The number of halogens is 1. The lowest BCUT2D eigenvalue weighted by Gasteiger charge is -2.23. The number of hydrogen-bond donors (Lipinski definition) is 1. The molecule has 0 aliphatic carbocycles. The van der Waals surface area contributed by atoms with Crippen molar-refractivity contribution in [2.24, 2.45) is 0 Å². The summed E-state index contributed by atoms with van der Waals surface area (Å²) in [5, 5.41) is 9.04. The molecule has 1 atom stereocenters. The lowest BCUT2D eigenvalue weighted by Crippen LogP contribution is -2.41. The van der Waals surface area contributed by atoms with Gasteiger partial charge in [-0.2, -0.15) is 0 Å². The summed E-state index contributed by atoms with van der Waals surface area (Å²) in [6, 6.07) is 4.26. The third-order valence-electron chi connectivity index (χ3n) is 5.16. The maximum atomic E-state index is 14.7. The molecule has 29 heavy (non-hydrogen) atoms. The minimum absolute atomic E-state index is 0.0230. The van der Waals surface area contributed by atoms with Crippen LogP contribution in [0.1, 0.15) is 31.2 Å². The molecule has 0 spiro atoms. The molecule has 2 fully saturated rings. The highest BCUT2D eigenvalue weighted by molar-refractivity contribution is 7.91. The number of amides is 3. The second-order valence-corrected chi connectivity index (χ2v) is 9.46. The molecule has 2 aliphatic rings. The predicted molar refractivity (Wildman–Crippen MR) is 100 cm³/mol. The van der Waals surface area contributed by atoms with Gasteiger partial charge in [0.1, 0.15) is 21.8 Å². The third kappa shape index (κ3) is 4.66. The van der Waals surface area contributed by atoms with Crippen molar-refractivity contribution in [2.75, 3.05) is 29.5 Å². The topological polar surface area (TPSA) is 121 Å². The van der Waals surface area contributed by atoms with E-state index in [9.17, 15) is 27.2 Å². The Morgan fingerprint density at radius 2 is 1.97 bits per heavy atom. The predicted octanol–water partition coefficient (Wildman–Crippen LogP) is 1.97. The molecular formula is C18H21FN2O7S. The van der Waals surface area contributed by atoms with Crippen LogP contribution in [-0.4, -0.2) is 67.2 Å². The Morgan fingerprint density at radius 3 is 2.52 bits per heavy atom. The van der Waals surface area contributed by atoms with Crippen LogP contribution in [0.25, 0.3) is 0 Å². The van der Waals surface area contributed by atoms with Gasteiger partial charge in [-0.15, -0.1) is 0 Å². The number of hydrogen-bond acceptors (Lipinski definition) is 6. The van der Waals surface area contributed by atoms with Gasteiger partial charge in [-0.25, -0.2) is 27.3 Å². The number of imide groups is 1. The van der Waals surface area contributed by atoms with Crippen molar-refractivity contribution in [3.05, 3.63) is 29.6 Å². The summed E-state index contributed by atoms with van der Waals surface area (Å²) >= 11 is 0. The van der Waals surface area contributed by atoms with Crippen LogP contribution in [0.3, 0.4) is 0 Å². The maximum Gasteiger partial charge on any atom is 0.414 e. The van der Waals surface area contributed by atoms with E-state index in [0.29, 0.717) is 23.3 Å². The summed E-state index contributed by atoms with van der Waals surface area (Å²) in [7, 11) is -3.06. The van der Waals surface area contributed by atoms with Gasteiger partial charge in [0.05, 0.1) is 30.3 Å². The number of cyclic esters (lactones) is 1. The van der Waals surface area contributed by atoms with Crippen LogP contribution in [-0.2, 0) is 19.4 Å². The number of ether oxygens (including phenoxy) is 1. The molecule has 0 aromatic heterocycles. The van der Waals surface area contributed by atoms with Gasteiger partial charge in [-0.1, -0.05) is 6.07 Å². The van der Waals surface area contributed by atoms with Crippen LogP contribution >= 0.6 is 0 Å². The first-order valence-electron chi connectivity index (χ1n) is 9.06. The molecule has 2 heterocycles. The van der Waals surface area contributed by atoms with Crippen LogP contribution in [0.4, 0.5) is 19.7 Å². The molecule has 0 radical (unpaired) electrons. The van der Waals surface area contributed by atoms with Crippen LogP contribution < -0.4 is 4.90 Å². The Morgan fingerprint density at radius 1 is 1.31 bits per heavy atom. The Bertz CT molecular complexity index is 922. The van der Waals surface area contributed by atoms with Crippen molar-refractivity contribution in [1.29, 1.82) is 0 Å². The Hall–Kier alpha value is -2.69. The van der Waals surface area contributed by atoms with E-state index in [1.165, 1.54) is 17.0 Å². The largest absolute Gasteiger partial charge is 0.465 e. The van der Waals surface area contributed by atoms with Gasteiger partial charge in [0, 0.05) is 6.92 Å². The second kappa shape index (κ2) is 7.97. The zero-order chi connectivity index (χ0) is 21.3. The van der Waals surface area contributed by atoms with Crippen LogP contribution in [0.15, 0.2) is 18.2 Å². The highest BCUT2D eigenvalue weighted by Crippen LogP contribution is 2.33. The summed E-state index contributed by atoms with van der Waals surface area (Å²) in [6.07, 6.45) is -2.38. The molecule has 3 rings (SSSR count). The molecule has 11 heteroatoms. The van der Waals surface area contributed by atoms with E-state index in [1.54, 1.807) is 6.07 Å². The van der Waals surface area contributed by atoms with Crippen molar-refractivity contribution in [2.45, 2.75) is 31.8 Å². The number of nitrogens with zero attached hydrogens (tertiary/aromatic N) is 2. The van der Waals surface area contributed by atoms with Gasteiger partial charge in [0.15, 0.2) is 0 Å². The molecule has 1 aromatic carbocycles. The van der Waals surface area contributed by atoms with E-state index >= 15 is 0 Å². The molecular weight excluding hydrogens is 407 g/mol. The van der Waals surface area contributed by atoms with Crippen molar-refractivity contribution < 1.29 is 37.0 Å². The number of rotatable bonds is 4. The van der Waals surface area contributed by atoms with E-state index in [4.69, 9.17) is 9.84 Å². The summed E-state index contributed by atoms with van der Waals surface area (Å²) in [6.45, 7) is 0.744. The SMILES string of the molecule is CC(=O)N(C[C@H]1CN(c2ccc(C3CCS(=O)(=O)CC3)c(F)c2)C(=O)O1)C(=O)O. The maximum absolute atomic E-state index is 14.7. The molecule has 1 N–H and O–H groups in total. The summed E-state index contributed by atoms with van der Waals surface area (Å²) in [5.41, 5.74) is 0.647. The molecule has 158 valence electrons. The van der Waals surface area contributed by atoms with E-state index in [2.05, 4.69) is 0 Å². The zero-order valence-electron chi connectivity index (χ0n) is 15.7. The minimum Gasteiger partial charge on any atom is -0.465 e. The molecule has 9 nitrogen and oxygen atoms in total. The number of carboxylic acid groups (broad SMARTS) is 1. The highest BCUT2D eigenvalue weighted by atomic mass is 32.2. The first-order valence-corrected chi connectivity index (χ1v) is 10.9. The molecule has 0 unspecified atom stereocenters. The Balaban J connectivity index is 1.71. The van der Waals surface area contributed by atoms with Gasteiger partial charge in [-0.05, 0) is 36.5 Å². The van der Waals surface area contributed by atoms with E-state index < -0.39 is 39.9 Å². The smallest absolute Gasteiger partial charge is 0.414 e. The Kier molecular flexibility index (Phi) is 5.78. The van der Waals surface area contributed by atoms with Crippen molar-refractivity contribution in [3.63, 3.8) is 0 Å². The molecule has 1 aromatic rings. The standard InChI is InChI=1S/C18H21FN2O7S/c1-11(22)20(17(23)24)9-14-10-21(18(25)28-14)13-2-3-15(16(19)8-13)12-4-6-29(26,27)7-5-12/h2-3,8,12,14H,4-7,9-10H2,1H3,(H,23,24)/t14-/m0/s1. The van der Waals surface area contributed by atoms with Crippen LogP contribution in [0.5, 0.6) is 0 Å². The van der Waals surface area contributed by atoms with Gasteiger partial charge in [0.2, 0.25) is 5.91 Å². The average Bonchev–Trinajstić information content (AvgIpc) is 3.00. The van der Waals surface area contributed by atoms with E-state index in [1.807, 2.05) is 0 Å². The average molecular weight is 428 g/mol. The van der Waals surface area contributed by atoms with E-state index in [0.717, 1.165) is 6.92 Å². The van der Waals surface area contributed by atoms with Gasteiger partial charge < -0.3 is 9.84 Å². The van der Waals surface area contributed by atoms with Crippen molar-refractivity contribution in [1.82, 2.24) is 4.90 Å². The quantitative estimate of drug-likeness (QED) is 0.778. The third-order valence-corrected chi connectivity index (χ3v) is 6.88. The normalized spacial score (nSPS) is 21.7. The highest BCUT2D eigenvalue weighted by Gasteiger charge is 2.36. The number of carbonyl (C=O) groups excluding carboxylic acids is 2. The zero-order valence-corrected chi connectivity index (χ0v) is 16.5. The molecule has 3 amide bonds. The first-order chi connectivity index (χ1) is 13.6. The molecule has 0 saturated carbocycles. The number of carbonyl (C=O) groups is 3. The summed E-state index contributed by atoms with van der Waals surface area (Å²) in [5.74, 6) is -1.40.